The summed E-state index contributed by atoms with van der Waals surface area (Å²) in [6, 6.07) is 12.7. The third-order valence-corrected chi connectivity index (χ3v) is 5.44. The van der Waals surface area contributed by atoms with Crippen LogP contribution < -0.4 is 14.4 Å². The average molecular weight is 392 g/mol. The Morgan fingerprint density at radius 1 is 0.862 bits per heavy atom. The van der Waals surface area contributed by atoms with E-state index in [-0.39, 0.29) is 11.8 Å². The molecule has 1 fully saturated rings. The summed E-state index contributed by atoms with van der Waals surface area (Å²) in [6.45, 7) is 3.47. The Morgan fingerprint density at radius 2 is 1.55 bits per heavy atom. The van der Waals surface area contributed by atoms with E-state index in [0.717, 1.165) is 31.5 Å². The summed E-state index contributed by atoms with van der Waals surface area (Å²) >= 11 is 0. The van der Waals surface area contributed by atoms with Gasteiger partial charge < -0.3 is 14.4 Å². The minimum atomic E-state index is -0.328. The quantitative estimate of drug-likeness (QED) is 0.730. The number of hydrogen-bond donors (Lipinski definition) is 0. The summed E-state index contributed by atoms with van der Waals surface area (Å²) in [5, 5.41) is 0. The van der Waals surface area contributed by atoms with Gasteiger partial charge in [-0.25, -0.2) is 4.90 Å². The molecule has 2 aromatic rings. The number of rotatable bonds is 5. The van der Waals surface area contributed by atoms with Crippen LogP contribution in [0.5, 0.6) is 11.5 Å². The number of anilines is 1. The molecule has 2 aliphatic heterocycles. The molecule has 2 heterocycles. The Bertz CT molecular complexity index is 988. The van der Waals surface area contributed by atoms with Gasteiger partial charge in [0.05, 0.1) is 25.5 Å². The van der Waals surface area contributed by atoms with Crippen LogP contribution in [0.4, 0.5) is 5.69 Å². The number of aryl methyl sites for hydroxylation is 1. The highest BCUT2D eigenvalue weighted by Crippen LogP contribution is 2.40. The average Bonchev–Trinajstić information content (AvgIpc) is 3.34. The molecule has 4 rings (SSSR count). The molecule has 0 bridgehead atoms. The van der Waals surface area contributed by atoms with Gasteiger partial charge in [-0.15, -0.1) is 0 Å². The van der Waals surface area contributed by atoms with Crippen LogP contribution in [0.15, 0.2) is 48.2 Å². The van der Waals surface area contributed by atoms with Crippen LogP contribution in [0, 0.1) is 6.92 Å². The molecule has 0 saturated carbocycles. The zero-order chi connectivity index (χ0) is 20.5. The fraction of sp³-hybridized carbons (Fsp3) is 0.304. The topological polar surface area (TPSA) is 59.1 Å². The van der Waals surface area contributed by atoms with Crippen LogP contribution in [0.25, 0.3) is 5.57 Å². The predicted octanol–water partition coefficient (Wildman–Crippen LogP) is 3.39. The fourth-order valence-corrected chi connectivity index (χ4v) is 3.96. The van der Waals surface area contributed by atoms with Crippen LogP contribution >= 0.6 is 0 Å². The molecule has 2 aliphatic rings. The van der Waals surface area contributed by atoms with Crippen molar-refractivity contribution in [2.45, 2.75) is 19.8 Å². The molecule has 150 valence electrons. The van der Waals surface area contributed by atoms with Gasteiger partial charge in [-0.3, -0.25) is 9.59 Å². The van der Waals surface area contributed by atoms with Crippen molar-refractivity contribution in [3.63, 3.8) is 0 Å². The standard InChI is InChI=1S/C23H24N2O4/c1-15-6-11-19(29-3)18(14-15)25-22(26)20(16-7-9-17(28-2)10-8-16)21(23(25)27)24-12-4-5-13-24/h6-11,14H,4-5,12-13H2,1-3H3. The van der Waals surface area contributed by atoms with Crippen LogP contribution in [-0.2, 0) is 9.59 Å². The smallest absolute Gasteiger partial charge is 0.282 e. The fourth-order valence-electron chi connectivity index (χ4n) is 3.96. The molecular weight excluding hydrogens is 368 g/mol. The van der Waals surface area contributed by atoms with Crippen LogP contribution in [-0.4, -0.2) is 44.0 Å². The second kappa shape index (κ2) is 7.62. The van der Waals surface area contributed by atoms with Gasteiger partial charge in [0, 0.05) is 13.1 Å². The first-order valence-electron chi connectivity index (χ1n) is 9.72. The first-order valence-corrected chi connectivity index (χ1v) is 9.72. The van der Waals surface area contributed by atoms with E-state index < -0.39 is 0 Å². The number of nitrogens with zero attached hydrogens (tertiary/aromatic N) is 2. The molecule has 1 saturated heterocycles. The van der Waals surface area contributed by atoms with E-state index in [1.807, 2.05) is 36.1 Å². The van der Waals surface area contributed by atoms with Gasteiger partial charge in [-0.2, -0.15) is 0 Å². The van der Waals surface area contributed by atoms with Crippen molar-refractivity contribution in [1.29, 1.82) is 0 Å². The highest BCUT2D eigenvalue weighted by Gasteiger charge is 2.43. The number of imide groups is 1. The van der Waals surface area contributed by atoms with Crippen LogP contribution in [0.2, 0.25) is 0 Å². The third-order valence-electron chi connectivity index (χ3n) is 5.44. The highest BCUT2D eigenvalue weighted by atomic mass is 16.5. The number of hydrogen-bond acceptors (Lipinski definition) is 5. The van der Waals surface area contributed by atoms with Crippen molar-refractivity contribution in [3.8, 4) is 11.5 Å². The zero-order valence-corrected chi connectivity index (χ0v) is 16.9. The molecule has 0 unspecified atom stereocenters. The summed E-state index contributed by atoms with van der Waals surface area (Å²) in [7, 11) is 3.14. The van der Waals surface area contributed by atoms with Crippen molar-refractivity contribution < 1.29 is 19.1 Å². The lowest BCUT2D eigenvalue weighted by Gasteiger charge is -2.21. The maximum atomic E-state index is 13.6. The van der Waals surface area contributed by atoms with Crippen molar-refractivity contribution in [1.82, 2.24) is 4.90 Å². The van der Waals surface area contributed by atoms with Crippen LogP contribution in [0.1, 0.15) is 24.0 Å². The van der Waals surface area contributed by atoms with Crippen LogP contribution in [0.3, 0.4) is 0 Å². The Balaban J connectivity index is 1.85. The molecule has 0 radical (unpaired) electrons. The molecule has 6 nitrogen and oxygen atoms in total. The molecule has 0 aromatic heterocycles. The summed E-state index contributed by atoms with van der Waals surface area (Å²) in [5.74, 6) is 0.567. The van der Waals surface area contributed by atoms with Gasteiger partial charge in [0.25, 0.3) is 11.8 Å². The van der Waals surface area contributed by atoms with Crippen molar-refractivity contribution in [2.24, 2.45) is 0 Å². The second-order valence-electron chi connectivity index (χ2n) is 7.27. The minimum Gasteiger partial charge on any atom is -0.497 e. The van der Waals surface area contributed by atoms with E-state index in [4.69, 9.17) is 9.47 Å². The lowest BCUT2D eigenvalue weighted by Crippen LogP contribution is -2.34. The number of carbonyl (C=O) groups is 2. The lowest BCUT2D eigenvalue weighted by molar-refractivity contribution is -0.120. The minimum absolute atomic E-state index is 0.299. The van der Waals surface area contributed by atoms with E-state index in [1.54, 1.807) is 32.4 Å². The number of amides is 2. The van der Waals surface area contributed by atoms with Gasteiger partial charge in [0.2, 0.25) is 0 Å². The maximum Gasteiger partial charge on any atom is 0.282 e. The Hall–Kier alpha value is -3.28. The third kappa shape index (κ3) is 3.24. The number of ether oxygens (including phenoxy) is 2. The Labute approximate surface area is 170 Å². The van der Waals surface area contributed by atoms with Crippen molar-refractivity contribution in [2.75, 3.05) is 32.2 Å². The summed E-state index contributed by atoms with van der Waals surface area (Å²) in [6.07, 6.45) is 2.02. The second-order valence-corrected chi connectivity index (χ2v) is 7.27. The number of methoxy groups -OCH3 is 2. The number of likely N-dealkylation sites (tertiary alicyclic amines) is 1. The lowest BCUT2D eigenvalue weighted by atomic mass is 10.0. The molecule has 2 aromatic carbocycles. The molecule has 0 N–H and O–H groups in total. The maximum absolute atomic E-state index is 13.6. The van der Waals surface area contributed by atoms with Gasteiger partial charge in [0.1, 0.15) is 17.2 Å². The molecule has 0 aliphatic carbocycles. The normalized spacial score (nSPS) is 16.8. The Morgan fingerprint density at radius 3 is 2.17 bits per heavy atom. The summed E-state index contributed by atoms with van der Waals surface area (Å²) in [4.78, 5) is 30.3. The van der Waals surface area contributed by atoms with Gasteiger partial charge in [-0.05, 0) is 55.2 Å². The largest absolute Gasteiger partial charge is 0.497 e. The number of benzene rings is 2. The van der Waals surface area contributed by atoms with Gasteiger partial charge >= 0.3 is 0 Å². The van der Waals surface area contributed by atoms with Gasteiger partial charge in [-0.1, -0.05) is 18.2 Å². The first kappa shape index (κ1) is 19.1. The monoisotopic (exact) mass is 392 g/mol. The highest BCUT2D eigenvalue weighted by molar-refractivity contribution is 6.45. The molecular formula is C23H24N2O4. The summed E-state index contributed by atoms with van der Waals surface area (Å²) < 4.78 is 10.7. The molecule has 0 spiro atoms. The molecule has 6 heteroatoms. The van der Waals surface area contributed by atoms with E-state index in [1.165, 1.54) is 4.90 Å². The SMILES string of the molecule is COc1ccc(C2=C(N3CCCC3)C(=O)N(c3cc(C)ccc3OC)C2=O)cc1. The first-order chi connectivity index (χ1) is 14.0. The molecule has 0 atom stereocenters. The molecule has 2 amide bonds. The van der Waals surface area contributed by atoms with E-state index in [9.17, 15) is 9.59 Å². The van der Waals surface area contributed by atoms with Crippen molar-refractivity contribution >= 4 is 23.1 Å². The van der Waals surface area contributed by atoms with Gasteiger partial charge in [0.15, 0.2) is 0 Å². The molecule has 29 heavy (non-hydrogen) atoms. The number of carbonyl (C=O) groups excluding carboxylic acids is 2. The summed E-state index contributed by atoms with van der Waals surface area (Å²) in [5.41, 5.74) is 3.04. The van der Waals surface area contributed by atoms with Crippen molar-refractivity contribution in [3.05, 3.63) is 59.3 Å². The van der Waals surface area contributed by atoms with E-state index in [0.29, 0.717) is 34.0 Å². The predicted molar refractivity (Wildman–Crippen MR) is 111 cm³/mol. The van der Waals surface area contributed by atoms with E-state index in [2.05, 4.69) is 0 Å². The zero-order valence-electron chi connectivity index (χ0n) is 16.9. The Kier molecular flexibility index (Phi) is 5.01. The van der Waals surface area contributed by atoms with E-state index >= 15 is 0 Å².